The number of nitrogens with zero attached hydrogens (tertiary/aromatic N) is 2. The maximum atomic E-state index is 12.4. The molecule has 25 heavy (non-hydrogen) atoms. The van der Waals surface area contributed by atoms with Crippen molar-refractivity contribution >= 4 is 12.0 Å². The molecule has 0 spiro atoms. The lowest BCUT2D eigenvalue weighted by Crippen LogP contribution is -2.43. The van der Waals surface area contributed by atoms with Gasteiger partial charge in [0.2, 0.25) is 5.91 Å². The van der Waals surface area contributed by atoms with E-state index in [1.165, 1.54) is 0 Å². The Bertz CT molecular complexity index is 644. The molecule has 0 bridgehead atoms. The minimum absolute atomic E-state index is 0.00695. The van der Waals surface area contributed by atoms with Crippen LogP contribution in [0.1, 0.15) is 18.4 Å². The quantitative estimate of drug-likeness (QED) is 0.767. The summed E-state index contributed by atoms with van der Waals surface area (Å²) in [5.74, 6) is 0.901. The van der Waals surface area contributed by atoms with Crippen LogP contribution in [-0.2, 0) is 14.3 Å². The number of nitriles is 1. The number of hydrogen-bond donors (Lipinski definition) is 0. The number of rotatable bonds is 5. The first-order chi connectivity index (χ1) is 12.3. The van der Waals surface area contributed by atoms with Gasteiger partial charge in [-0.2, -0.15) is 5.26 Å². The van der Waals surface area contributed by atoms with Gasteiger partial charge in [0.15, 0.2) is 12.9 Å². The molecule has 6 nitrogen and oxygen atoms in total. The number of likely N-dealkylation sites (tertiary alicyclic amines) is 1. The first kappa shape index (κ1) is 17.5. The smallest absolute Gasteiger partial charge is 0.246 e. The van der Waals surface area contributed by atoms with E-state index < -0.39 is 0 Å². The van der Waals surface area contributed by atoms with Crippen molar-refractivity contribution in [2.24, 2.45) is 5.92 Å². The van der Waals surface area contributed by atoms with Gasteiger partial charge in [-0.25, -0.2) is 0 Å². The molecule has 1 unspecified atom stereocenters. The molecule has 0 radical (unpaired) electrons. The number of carbonyl (C=O) groups is 1. The van der Waals surface area contributed by atoms with Crippen LogP contribution in [0.5, 0.6) is 5.75 Å². The lowest BCUT2D eigenvalue weighted by Gasteiger charge is -2.34. The maximum absolute atomic E-state index is 12.4. The summed E-state index contributed by atoms with van der Waals surface area (Å²) in [6.07, 6.45) is 5.23. The van der Waals surface area contributed by atoms with Crippen molar-refractivity contribution in [3.8, 4) is 11.8 Å². The summed E-state index contributed by atoms with van der Waals surface area (Å²) in [5, 5.41) is 8.50. The van der Waals surface area contributed by atoms with Crippen LogP contribution in [0, 0.1) is 17.2 Å². The van der Waals surface area contributed by atoms with E-state index in [2.05, 4.69) is 0 Å². The van der Waals surface area contributed by atoms with Crippen molar-refractivity contribution in [2.45, 2.75) is 19.1 Å². The number of benzene rings is 1. The van der Waals surface area contributed by atoms with Crippen molar-refractivity contribution in [3.05, 3.63) is 35.9 Å². The fourth-order valence-corrected chi connectivity index (χ4v) is 3.14. The maximum Gasteiger partial charge on any atom is 0.246 e. The summed E-state index contributed by atoms with van der Waals surface area (Å²) in [5.41, 5.74) is 0.911. The largest absolute Gasteiger partial charge is 0.479 e. The molecule has 1 amide bonds. The number of hydrogen-bond acceptors (Lipinski definition) is 5. The Morgan fingerprint density at radius 1 is 1.32 bits per heavy atom. The minimum atomic E-state index is -0.166. The second kappa shape index (κ2) is 8.65. The summed E-state index contributed by atoms with van der Waals surface area (Å²) in [6.45, 7) is 2.76. The Hall–Kier alpha value is -2.36. The van der Waals surface area contributed by atoms with Crippen LogP contribution in [0.15, 0.2) is 30.3 Å². The lowest BCUT2D eigenvalue weighted by molar-refractivity contribution is -0.134. The van der Waals surface area contributed by atoms with Gasteiger partial charge in [0.05, 0.1) is 13.2 Å². The van der Waals surface area contributed by atoms with E-state index in [4.69, 9.17) is 19.5 Å². The first-order valence-corrected chi connectivity index (χ1v) is 8.56. The minimum Gasteiger partial charge on any atom is -0.479 e. The molecular formula is C19H22N2O4. The molecule has 2 heterocycles. The fourth-order valence-electron chi connectivity index (χ4n) is 3.14. The summed E-state index contributed by atoms with van der Waals surface area (Å²) < 4.78 is 16.4. The molecule has 1 aromatic rings. The number of amides is 1. The van der Waals surface area contributed by atoms with Crippen LogP contribution in [0.4, 0.5) is 0 Å². The molecule has 3 rings (SSSR count). The van der Waals surface area contributed by atoms with Gasteiger partial charge >= 0.3 is 0 Å². The van der Waals surface area contributed by atoms with Crippen LogP contribution in [-0.4, -0.2) is 50.0 Å². The van der Waals surface area contributed by atoms with Crippen LogP contribution in [0.2, 0.25) is 0 Å². The Morgan fingerprint density at radius 2 is 2.08 bits per heavy atom. The second-order valence-corrected chi connectivity index (χ2v) is 6.15. The van der Waals surface area contributed by atoms with E-state index in [9.17, 15) is 4.79 Å². The van der Waals surface area contributed by atoms with Crippen LogP contribution >= 0.6 is 0 Å². The van der Waals surface area contributed by atoms with E-state index in [0.29, 0.717) is 25.5 Å². The summed E-state index contributed by atoms with van der Waals surface area (Å²) >= 11 is 0. The molecule has 0 aromatic heterocycles. The van der Waals surface area contributed by atoms with Crippen LogP contribution < -0.4 is 4.74 Å². The lowest BCUT2D eigenvalue weighted by atomic mass is 9.97. The highest BCUT2D eigenvalue weighted by molar-refractivity contribution is 5.91. The zero-order valence-corrected chi connectivity index (χ0v) is 14.1. The van der Waals surface area contributed by atoms with E-state index in [-0.39, 0.29) is 24.7 Å². The highest BCUT2D eigenvalue weighted by Crippen LogP contribution is 2.25. The third kappa shape index (κ3) is 4.81. The van der Waals surface area contributed by atoms with Crippen molar-refractivity contribution in [3.63, 3.8) is 0 Å². The van der Waals surface area contributed by atoms with Gasteiger partial charge < -0.3 is 19.1 Å². The first-order valence-electron chi connectivity index (χ1n) is 8.56. The normalized spacial score (nSPS) is 21.4. The Morgan fingerprint density at radius 3 is 2.80 bits per heavy atom. The Kier molecular flexibility index (Phi) is 6.04. The van der Waals surface area contributed by atoms with Crippen molar-refractivity contribution in [2.75, 3.05) is 32.9 Å². The van der Waals surface area contributed by atoms with Gasteiger partial charge in [0.25, 0.3) is 0 Å². The van der Waals surface area contributed by atoms with E-state index in [1.54, 1.807) is 24.3 Å². The SMILES string of the molecule is N#CCOc1ccc(/C=C/C(=O)N2CCCC(C3OCCO3)C2)cc1. The van der Waals surface area contributed by atoms with E-state index in [0.717, 1.165) is 24.9 Å². The van der Waals surface area contributed by atoms with Gasteiger partial charge in [-0.15, -0.1) is 0 Å². The standard InChI is InChI=1S/C19H22N2O4/c20-9-11-23-17-6-3-15(4-7-17)5-8-18(22)21-10-1-2-16(14-21)19-24-12-13-25-19/h3-8,16,19H,1-2,10-14H2/b8-5+. The molecule has 2 aliphatic rings. The van der Waals surface area contributed by atoms with Crippen molar-refractivity contribution < 1.29 is 19.0 Å². The predicted octanol–water partition coefficient (Wildman–Crippen LogP) is 2.21. The van der Waals surface area contributed by atoms with E-state index in [1.807, 2.05) is 23.1 Å². The molecule has 6 heteroatoms. The van der Waals surface area contributed by atoms with E-state index >= 15 is 0 Å². The molecule has 132 valence electrons. The highest BCUT2D eigenvalue weighted by atomic mass is 16.7. The zero-order chi connectivity index (χ0) is 17.5. The van der Waals surface area contributed by atoms with Gasteiger partial charge in [0, 0.05) is 25.1 Å². The zero-order valence-electron chi connectivity index (χ0n) is 14.1. The highest BCUT2D eigenvalue weighted by Gasteiger charge is 2.32. The molecule has 1 aromatic carbocycles. The molecule has 0 N–H and O–H groups in total. The Balaban J connectivity index is 1.53. The molecule has 0 saturated carbocycles. The molecule has 2 fully saturated rings. The van der Waals surface area contributed by atoms with Gasteiger partial charge in [-0.05, 0) is 36.6 Å². The molecule has 1 atom stereocenters. The third-order valence-corrected chi connectivity index (χ3v) is 4.40. The number of carbonyl (C=O) groups excluding carboxylic acids is 1. The molecule has 0 aliphatic carbocycles. The molecule has 2 saturated heterocycles. The van der Waals surface area contributed by atoms with Crippen molar-refractivity contribution in [1.29, 1.82) is 5.26 Å². The number of piperidine rings is 1. The average Bonchev–Trinajstić information content (AvgIpc) is 3.20. The average molecular weight is 342 g/mol. The topological polar surface area (TPSA) is 71.8 Å². The second-order valence-electron chi connectivity index (χ2n) is 6.15. The third-order valence-electron chi connectivity index (χ3n) is 4.40. The summed E-state index contributed by atoms with van der Waals surface area (Å²) in [7, 11) is 0. The molecule has 2 aliphatic heterocycles. The van der Waals surface area contributed by atoms with Gasteiger partial charge in [-0.3, -0.25) is 4.79 Å². The Labute approximate surface area is 147 Å². The molecular weight excluding hydrogens is 320 g/mol. The van der Waals surface area contributed by atoms with Crippen molar-refractivity contribution in [1.82, 2.24) is 4.90 Å². The van der Waals surface area contributed by atoms with Crippen LogP contribution in [0.3, 0.4) is 0 Å². The van der Waals surface area contributed by atoms with Gasteiger partial charge in [0.1, 0.15) is 11.8 Å². The van der Waals surface area contributed by atoms with Gasteiger partial charge in [-0.1, -0.05) is 12.1 Å². The number of ether oxygens (including phenoxy) is 3. The predicted molar refractivity (Wildman–Crippen MR) is 91.6 cm³/mol. The monoisotopic (exact) mass is 342 g/mol. The fraction of sp³-hybridized carbons (Fsp3) is 0.474. The summed E-state index contributed by atoms with van der Waals surface area (Å²) in [6, 6.07) is 9.21. The van der Waals surface area contributed by atoms with Crippen LogP contribution in [0.25, 0.3) is 6.08 Å². The summed E-state index contributed by atoms with van der Waals surface area (Å²) in [4.78, 5) is 14.3.